The fourth-order valence-corrected chi connectivity index (χ4v) is 4.88. The highest BCUT2D eigenvalue weighted by Gasteiger charge is 2.24. The van der Waals surface area contributed by atoms with E-state index in [0.717, 1.165) is 33.6 Å². The molecule has 0 saturated carbocycles. The largest absolute Gasteiger partial charge is 0.346 e. The Bertz CT molecular complexity index is 1450. The lowest BCUT2D eigenvalue weighted by Crippen LogP contribution is -2.34. The zero-order valence-electron chi connectivity index (χ0n) is 16.5. The maximum absolute atomic E-state index is 13.3. The number of nitrogens with one attached hydrogen (secondary N) is 1. The minimum Gasteiger partial charge on any atom is -0.346 e. The molecule has 0 unspecified atom stereocenters. The Morgan fingerprint density at radius 1 is 1.13 bits per heavy atom. The number of hydrogen-bond donors (Lipinski definition) is 1. The molecule has 5 aromatic heterocycles. The summed E-state index contributed by atoms with van der Waals surface area (Å²) in [6.07, 6.45) is 10.1. The number of nitrogens with zero attached hydrogens (tertiary/aromatic N) is 5. The van der Waals surface area contributed by atoms with Gasteiger partial charge in [0.1, 0.15) is 11.2 Å². The van der Waals surface area contributed by atoms with Crippen LogP contribution in [0.15, 0.2) is 66.6 Å². The summed E-state index contributed by atoms with van der Waals surface area (Å²) in [5, 5.41) is 7.61. The number of carbonyl (C=O) groups is 1. The molecule has 5 aromatic rings. The standard InChI is InChI=1S/C23H18N6OS/c30-23(18-14-27-29-19(5-9-25-22(18)29)20-4-2-12-31-20)28-10-6-15(7-11-28)17-13-26-21-16(17)3-1-8-24-21/h1-6,8-9,12-14H,7,10-11H2,(H,24,26). The summed E-state index contributed by atoms with van der Waals surface area (Å²) in [6, 6.07) is 9.99. The molecule has 0 spiro atoms. The predicted molar refractivity (Wildman–Crippen MR) is 121 cm³/mol. The molecule has 1 aliphatic heterocycles. The van der Waals surface area contributed by atoms with Gasteiger partial charge in [0, 0.05) is 42.6 Å². The van der Waals surface area contributed by atoms with Crippen molar-refractivity contribution in [2.24, 2.45) is 0 Å². The summed E-state index contributed by atoms with van der Waals surface area (Å²) in [4.78, 5) is 28.3. The van der Waals surface area contributed by atoms with E-state index in [1.807, 2.05) is 40.7 Å². The van der Waals surface area contributed by atoms with Crippen LogP contribution in [0.25, 0.3) is 32.8 Å². The van der Waals surface area contributed by atoms with E-state index in [0.29, 0.717) is 24.3 Å². The highest BCUT2D eigenvalue weighted by atomic mass is 32.1. The van der Waals surface area contributed by atoms with E-state index in [1.54, 1.807) is 34.4 Å². The van der Waals surface area contributed by atoms with Crippen LogP contribution in [0, 0.1) is 0 Å². The first-order chi connectivity index (χ1) is 15.3. The predicted octanol–water partition coefficient (Wildman–Crippen LogP) is 4.26. The zero-order valence-corrected chi connectivity index (χ0v) is 17.3. The average molecular weight is 427 g/mol. The molecule has 152 valence electrons. The Morgan fingerprint density at radius 2 is 2.10 bits per heavy atom. The number of pyridine rings is 1. The normalized spacial score (nSPS) is 14.3. The molecular formula is C23H18N6OS. The molecule has 7 nitrogen and oxygen atoms in total. The van der Waals surface area contributed by atoms with Crippen molar-refractivity contribution in [2.45, 2.75) is 6.42 Å². The number of hydrogen-bond acceptors (Lipinski definition) is 5. The third-order valence-corrected chi connectivity index (χ3v) is 6.59. The summed E-state index contributed by atoms with van der Waals surface area (Å²) in [5.74, 6) is -0.0401. The minimum atomic E-state index is -0.0401. The molecule has 8 heteroatoms. The van der Waals surface area contributed by atoms with Gasteiger partial charge in [0.15, 0.2) is 5.65 Å². The van der Waals surface area contributed by atoms with Crippen LogP contribution in [0.2, 0.25) is 0 Å². The van der Waals surface area contributed by atoms with Crippen LogP contribution in [0.5, 0.6) is 0 Å². The first-order valence-corrected chi connectivity index (χ1v) is 10.9. The van der Waals surface area contributed by atoms with Crippen LogP contribution in [0.4, 0.5) is 0 Å². The molecule has 1 amide bonds. The van der Waals surface area contributed by atoms with Gasteiger partial charge < -0.3 is 9.88 Å². The van der Waals surface area contributed by atoms with Gasteiger partial charge in [-0.1, -0.05) is 12.1 Å². The molecule has 0 saturated heterocycles. The fraction of sp³-hybridized carbons (Fsp3) is 0.130. The minimum absolute atomic E-state index is 0.0401. The summed E-state index contributed by atoms with van der Waals surface area (Å²) in [6.45, 7) is 1.21. The van der Waals surface area contributed by atoms with Gasteiger partial charge in [-0.15, -0.1) is 11.3 Å². The lowest BCUT2D eigenvalue weighted by molar-refractivity contribution is 0.0774. The zero-order chi connectivity index (χ0) is 20.8. The van der Waals surface area contributed by atoms with Crippen molar-refractivity contribution < 1.29 is 4.79 Å². The van der Waals surface area contributed by atoms with Crippen LogP contribution in [-0.2, 0) is 0 Å². The molecule has 0 atom stereocenters. The van der Waals surface area contributed by atoms with Gasteiger partial charge in [-0.05, 0) is 41.6 Å². The van der Waals surface area contributed by atoms with E-state index < -0.39 is 0 Å². The van der Waals surface area contributed by atoms with Gasteiger partial charge >= 0.3 is 0 Å². The van der Waals surface area contributed by atoms with E-state index in [2.05, 4.69) is 32.2 Å². The van der Waals surface area contributed by atoms with Gasteiger partial charge in [0.05, 0.1) is 16.8 Å². The van der Waals surface area contributed by atoms with Gasteiger partial charge in [-0.25, -0.2) is 14.5 Å². The van der Waals surface area contributed by atoms with Crippen molar-refractivity contribution in [1.29, 1.82) is 0 Å². The lowest BCUT2D eigenvalue weighted by Gasteiger charge is -2.26. The van der Waals surface area contributed by atoms with Crippen LogP contribution in [0.1, 0.15) is 22.3 Å². The summed E-state index contributed by atoms with van der Waals surface area (Å²) in [7, 11) is 0. The van der Waals surface area contributed by atoms with Crippen LogP contribution < -0.4 is 0 Å². The quantitative estimate of drug-likeness (QED) is 0.467. The first-order valence-electron chi connectivity index (χ1n) is 10.1. The Morgan fingerprint density at radius 3 is 2.94 bits per heavy atom. The third-order valence-electron chi connectivity index (χ3n) is 5.70. The molecule has 0 bridgehead atoms. The molecule has 1 N–H and O–H groups in total. The number of aromatic amines is 1. The maximum Gasteiger partial charge on any atom is 0.259 e. The Balaban J connectivity index is 1.29. The van der Waals surface area contributed by atoms with Crippen molar-refractivity contribution in [3.8, 4) is 10.6 Å². The van der Waals surface area contributed by atoms with E-state index in [1.165, 1.54) is 5.57 Å². The number of aromatic nitrogens is 5. The third kappa shape index (κ3) is 2.95. The van der Waals surface area contributed by atoms with Crippen LogP contribution >= 0.6 is 11.3 Å². The highest BCUT2D eigenvalue weighted by Crippen LogP contribution is 2.29. The molecule has 0 radical (unpaired) electrons. The van der Waals surface area contributed by atoms with Crippen LogP contribution in [0.3, 0.4) is 0 Å². The maximum atomic E-state index is 13.3. The number of amides is 1. The second-order valence-electron chi connectivity index (χ2n) is 7.43. The molecule has 6 rings (SSSR count). The first kappa shape index (κ1) is 18.0. The van der Waals surface area contributed by atoms with E-state index in [9.17, 15) is 4.79 Å². The van der Waals surface area contributed by atoms with Gasteiger partial charge in [-0.3, -0.25) is 4.79 Å². The number of carbonyl (C=O) groups excluding carboxylic acids is 1. The Labute approximate surface area is 181 Å². The number of fused-ring (bicyclic) bond motifs is 2. The van der Waals surface area contributed by atoms with E-state index in [-0.39, 0.29) is 5.91 Å². The van der Waals surface area contributed by atoms with E-state index >= 15 is 0 Å². The van der Waals surface area contributed by atoms with Crippen molar-refractivity contribution in [3.63, 3.8) is 0 Å². The molecule has 0 fully saturated rings. The SMILES string of the molecule is O=C(c1cnn2c(-c3cccs3)ccnc12)N1CC=C(c2c[nH]c3ncccc23)CC1. The highest BCUT2D eigenvalue weighted by molar-refractivity contribution is 7.13. The van der Waals surface area contributed by atoms with Gasteiger partial charge in [0.25, 0.3) is 5.91 Å². The molecular weight excluding hydrogens is 408 g/mol. The Hall–Kier alpha value is -3.78. The fourth-order valence-electron chi connectivity index (χ4n) is 4.14. The topological polar surface area (TPSA) is 79.2 Å². The molecule has 0 aromatic carbocycles. The van der Waals surface area contributed by atoms with Crippen molar-refractivity contribution in [1.82, 2.24) is 29.5 Å². The summed E-state index contributed by atoms with van der Waals surface area (Å²) >= 11 is 1.64. The second kappa shape index (κ2) is 7.17. The summed E-state index contributed by atoms with van der Waals surface area (Å²) in [5.41, 5.74) is 5.35. The van der Waals surface area contributed by atoms with Crippen molar-refractivity contribution >= 4 is 39.5 Å². The van der Waals surface area contributed by atoms with Crippen LogP contribution in [-0.4, -0.2) is 48.5 Å². The molecule has 31 heavy (non-hydrogen) atoms. The molecule has 1 aliphatic rings. The number of H-pyrrole nitrogens is 1. The lowest BCUT2D eigenvalue weighted by atomic mass is 9.99. The monoisotopic (exact) mass is 426 g/mol. The van der Waals surface area contributed by atoms with Gasteiger partial charge in [-0.2, -0.15) is 5.10 Å². The summed E-state index contributed by atoms with van der Waals surface area (Å²) < 4.78 is 1.75. The molecule has 6 heterocycles. The van der Waals surface area contributed by atoms with Gasteiger partial charge in [0.2, 0.25) is 0 Å². The molecule has 0 aliphatic carbocycles. The van der Waals surface area contributed by atoms with Crippen molar-refractivity contribution in [3.05, 3.63) is 77.7 Å². The smallest absolute Gasteiger partial charge is 0.259 e. The van der Waals surface area contributed by atoms with E-state index in [4.69, 9.17) is 0 Å². The Kier molecular flexibility index (Phi) is 4.17. The average Bonchev–Trinajstić information content (AvgIpc) is 3.58. The number of thiophene rings is 1. The second-order valence-corrected chi connectivity index (χ2v) is 8.38. The number of rotatable bonds is 3. The van der Waals surface area contributed by atoms with Crippen molar-refractivity contribution in [2.75, 3.05) is 13.1 Å².